The van der Waals surface area contributed by atoms with Gasteiger partial charge in [-0.3, -0.25) is 0 Å². The van der Waals surface area contributed by atoms with Crippen LogP contribution in [0.1, 0.15) is 0 Å². The van der Waals surface area contributed by atoms with Gasteiger partial charge in [0.1, 0.15) is 10.7 Å². The summed E-state index contributed by atoms with van der Waals surface area (Å²) in [5.41, 5.74) is 1.77. The Balaban J connectivity index is 1.61. The summed E-state index contributed by atoms with van der Waals surface area (Å²) in [6, 6.07) is 4.05. The molecule has 3 aromatic heterocycles. The van der Waals surface area contributed by atoms with Crippen LogP contribution in [-0.2, 0) is 10.2 Å². The molecule has 0 saturated carbocycles. The Hall–Kier alpha value is -1.92. The van der Waals surface area contributed by atoms with E-state index >= 15 is 0 Å². The van der Waals surface area contributed by atoms with Gasteiger partial charge >= 0.3 is 0 Å². The molecule has 0 N–H and O–H groups in total. The molecule has 1 aliphatic rings. The van der Waals surface area contributed by atoms with E-state index in [1.165, 1.54) is 8.61 Å². The monoisotopic (exact) mass is 436 g/mol. The molecular formula is C17H20N6O2S3. The molecule has 4 rings (SSSR count). The molecule has 4 heterocycles. The molecule has 0 bridgehead atoms. The number of thiophene rings is 1. The number of hydrogen-bond acceptors (Lipinski definition) is 8. The van der Waals surface area contributed by atoms with Gasteiger partial charge in [0.2, 0.25) is 5.95 Å². The van der Waals surface area contributed by atoms with E-state index in [0.29, 0.717) is 32.1 Å². The van der Waals surface area contributed by atoms with E-state index in [1.807, 2.05) is 34.0 Å². The molecule has 1 saturated heterocycles. The second-order valence-corrected chi connectivity index (χ2v) is 10.4. The van der Waals surface area contributed by atoms with Crippen molar-refractivity contribution in [2.75, 3.05) is 45.2 Å². The van der Waals surface area contributed by atoms with Gasteiger partial charge in [-0.2, -0.15) is 17.0 Å². The van der Waals surface area contributed by atoms with Gasteiger partial charge in [-0.15, -0.1) is 22.7 Å². The van der Waals surface area contributed by atoms with Crippen LogP contribution in [0.15, 0.2) is 35.3 Å². The lowest BCUT2D eigenvalue weighted by Gasteiger charge is -2.35. The largest absolute Gasteiger partial charge is 0.338 e. The van der Waals surface area contributed by atoms with Crippen molar-refractivity contribution < 1.29 is 8.42 Å². The Morgan fingerprint density at radius 2 is 1.86 bits per heavy atom. The first kappa shape index (κ1) is 19.4. The van der Waals surface area contributed by atoms with Crippen molar-refractivity contribution in [3.63, 3.8) is 0 Å². The Morgan fingerprint density at radius 1 is 1.07 bits per heavy atom. The van der Waals surface area contributed by atoms with Crippen molar-refractivity contribution in [3.05, 3.63) is 35.3 Å². The maximum atomic E-state index is 12.3. The molecule has 0 radical (unpaired) electrons. The molecule has 3 aromatic rings. The summed E-state index contributed by atoms with van der Waals surface area (Å²) in [6.07, 6.45) is 3.61. The lowest BCUT2D eigenvalue weighted by molar-refractivity contribution is 0.354. The van der Waals surface area contributed by atoms with Crippen molar-refractivity contribution >= 4 is 38.8 Å². The third-order valence-electron chi connectivity index (χ3n) is 4.51. The van der Waals surface area contributed by atoms with E-state index in [2.05, 4.69) is 9.97 Å². The van der Waals surface area contributed by atoms with Crippen LogP contribution >= 0.6 is 22.7 Å². The minimum Gasteiger partial charge on any atom is -0.338 e. The van der Waals surface area contributed by atoms with Crippen molar-refractivity contribution in [2.45, 2.75) is 0 Å². The summed E-state index contributed by atoms with van der Waals surface area (Å²) in [5, 5.41) is 4.81. The van der Waals surface area contributed by atoms with Gasteiger partial charge in [-0.1, -0.05) is 6.07 Å². The molecule has 148 valence electrons. The highest BCUT2D eigenvalue weighted by Gasteiger charge is 2.29. The first-order valence-corrected chi connectivity index (χ1v) is 11.9. The molecule has 0 aromatic carbocycles. The van der Waals surface area contributed by atoms with Crippen molar-refractivity contribution in [3.8, 4) is 21.1 Å². The summed E-state index contributed by atoms with van der Waals surface area (Å²) in [4.78, 5) is 16.9. The number of nitrogens with zero attached hydrogens (tertiary/aromatic N) is 6. The zero-order valence-corrected chi connectivity index (χ0v) is 18.0. The highest BCUT2D eigenvalue weighted by atomic mass is 32.2. The molecule has 0 aliphatic carbocycles. The van der Waals surface area contributed by atoms with Crippen LogP contribution in [0.5, 0.6) is 0 Å². The van der Waals surface area contributed by atoms with E-state index in [4.69, 9.17) is 4.98 Å². The van der Waals surface area contributed by atoms with E-state index in [9.17, 15) is 8.42 Å². The van der Waals surface area contributed by atoms with Gasteiger partial charge in [0.05, 0.1) is 0 Å². The number of aromatic nitrogens is 3. The van der Waals surface area contributed by atoms with Crippen LogP contribution in [0.3, 0.4) is 0 Å². The smallest absolute Gasteiger partial charge is 0.281 e. The number of hydrogen-bond donors (Lipinski definition) is 0. The first-order chi connectivity index (χ1) is 13.5. The quantitative estimate of drug-likeness (QED) is 0.610. The third kappa shape index (κ3) is 3.67. The highest BCUT2D eigenvalue weighted by molar-refractivity contribution is 7.86. The molecule has 8 nitrogen and oxygen atoms in total. The fourth-order valence-electron chi connectivity index (χ4n) is 2.99. The SMILES string of the molecule is CN(C)S(=O)(=O)N1CCN(c2ncc(-c3cccs3)c(-c3nccs3)n2)CC1. The Morgan fingerprint density at radius 3 is 2.46 bits per heavy atom. The fraction of sp³-hybridized carbons (Fsp3) is 0.353. The van der Waals surface area contributed by atoms with Gasteiger partial charge < -0.3 is 4.90 Å². The zero-order chi connectivity index (χ0) is 19.7. The number of thiazole rings is 1. The topological polar surface area (TPSA) is 82.5 Å². The predicted molar refractivity (Wildman–Crippen MR) is 113 cm³/mol. The average Bonchev–Trinajstić information content (AvgIpc) is 3.41. The van der Waals surface area contributed by atoms with Crippen LogP contribution < -0.4 is 4.90 Å². The first-order valence-electron chi connectivity index (χ1n) is 8.70. The van der Waals surface area contributed by atoms with Crippen molar-refractivity contribution in [1.29, 1.82) is 0 Å². The molecule has 1 aliphatic heterocycles. The zero-order valence-electron chi connectivity index (χ0n) is 15.5. The second-order valence-electron chi connectivity index (χ2n) is 6.42. The predicted octanol–water partition coefficient (Wildman–Crippen LogP) is 2.26. The molecular weight excluding hydrogens is 416 g/mol. The third-order valence-corrected chi connectivity index (χ3v) is 8.13. The summed E-state index contributed by atoms with van der Waals surface area (Å²) in [5.74, 6) is 0.604. The fourth-order valence-corrected chi connectivity index (χ4v) is 5.45. The standard InChI is InChI=1S/C17H20N6O2S3/c1-21(2)28(24,25)23-8-6-22(7-9-23)17-19-12-13(14-4-3-10-26-14)15(20-17)16-18-5-11-27-16/h3-5,10-12H,6-9H2,1-2H3. The molecule has 0 spiro atoms. The lowest BCUT2D eigenvalue weighted by Crippen LogP contribution is -2.52. The Kier molecular flexibility index (Phi) is 5.43. The Bertz CT molecular complexity index is 1030. The van der Waals surface area contributed by atoms with Gasteiger partial charge in [-0.25, -0.2) is 15.0 Å². The van der Waals surface area contributed by atoms with Gasteiger partial charge in [0.15, 0.2) is 0 Å². The van der Waals surface area contributed by atoms with Crippen LogP contribution in [0, 0.1) is 0 Å². The normalized spacial score (nSPS) is 16.0. The van der Waals surface area contributed by atoms with E-state index in [1.54, 1.807) is 43.0 Å². The summed E-state index contributed by atoms with van der Waals surface area (Å²) in [7, 11) is -0.293. The number of piperazine rings is 1. The van der Waals surface area contributed by atoms with E-state index < -0.39 is 10.2 Å². The van der Waals surface area contributed by atoms with Crippen LogP contribution in [0.2, 0.25) is 0 Å². The Labute approximate surface area is 172 Å². The summed E-state index contributed by atoms with van der Waals surface area (Å²) >= 11 is 3.18. The van der Waals surface area contributed by atoms with E-state index in [-0.39, 0.29) is 0 Å². The van der Waals surface area contributed by atoms with Crippen LogP contribution in [0.4, 0.5) is 5.95 Å². The average molecular weight is 437 g/mol. The molecule has 11 heteroatoms. The summed E-state index contributed by atoms with van der Waals surface area (Å²) in [6.45, 7) is 1.90. The molecule has 1 fully saturated rings. The minimum atomic E-state index is -3.39. The van der Waals surface area contributed by atoms with Crippen LogP contribution in [-0.4, -0.2) is 72.3 Å². The number of anilines is 1. The van der Waals surface area contributed by atoms with Gasteiger partial charge in [0, 0.05) is 68.5 Å². The maximum absolute atomic E-state index is 12.3. The maximum Gasteiger partial charge on any atom is 0.281 e. The molecule has 28 heavy (non-hydrogen) atoms. The molecule has 0 amide bonds. The van der Waals surface area contributed by atoms with E-state index in [0.717, 1.165) is 21.1 Å². The van der Waals surface area contributed by atoms with Crippen molar-refractivity contribution in [2.24, 2.45) is 0 Å². The lowest BCUT2D eigenvalue weighted by atomic mass is 10.2. The van der Waals surface area contributed by atoms with Crippen molar-refractivity contribution in [1.82, 2.24) is 23.6 Å². The second kappa shape index (κ2) is 7.84. The van der Waals surface area contributed by atoms with Gasteiger partial charge in [-0.05, 0) is 11.4 Å². The van der Waals surface area contributed by atoms with Crippen LogP contribution in [0.25, 0.3) is 21.1 Å². The van der Waals surface area contributed by atoms with Gasteiger partial charge in [0.25, 0.3) is 10.2 Å². The summed E-state index contributed by atoms with van der Waals surface area (Å²) < 4.78 is 27.4. The highest BCUT2D eigenvalue weighted by Crippen LogP contribution is 2.34. The number of rotatable bonds is 5. The molecule has 0 unspecified atom stereocenters. The molecule has 0 atom stereocenters. The minimum absolute atomic E-state index is 0.406.